The highest BCUT2D eigenvalue weighted by Gasteiger charge is 2.09. The maximum atomic E-state index is 13.2. The van der Waals surface area contributed by atoms with Gasteiger partial charge in [-0.1, -0.05) is 30.3 Å². The molecule has 2 aromatic carbocycles. The summed E-state index contributed by atoms with van der Waals surface area (Å²) in [6, 6.07) is 14.8. The van der Waals surface area contributed by atoms with Crippen LogP contribution < -0.4 is 0 Å². The Morgan fingerprint density at radius 2 is 1.84 bits per heavy atom. The first kappa shape index (κ1) is 11.7. The lowest BCUT2D eigenvalue weighted by Gasteiger charge is -2.11. The molecule has 0 saturated heterocycles. The predicted octanol–water partition coefficient (Wildman–Crippen LogP) is 3.99. The fourth-order valence-electron chi connectivity index (χ4n) is 2.20. The summed E-state index contributed by atoms with van der Waals surface area (Å²) in [5.74, 6) is -0.220. The van der Waals surface area contributed by atoms with Crippen molar-refractivity contribution in [3.8, 4) is 16.9 Å². The van der Waals surface area contributed by atoms with Crippen LogP contribution in [0.25, 0.3) is 16.9 Å². The van der Waals surface area contributed by atoms with Crippen molar-refractivity contribution in [3.63, 3.8) is 0 Å². The molecule has 0 bridgehead atoms. The van der Waals surface area contributed by atoms with Gasteiger partial charge in [-0.25, -0.2) is 9.37 Å². The molecule has 0 aliphatic carbocycles. The minimum atomic E-state index is -0.220. The molecular formula is C16H13FN2. The summed E-state index contributed by atoms with van der Waals surface area (Å²) in [5.41, 5.74) is 3.91. The third-order valence-corrected chi connectivity index (χ3v) is 3.13. The summed E-state index contributed by atoms with van der Waals surface area (Å²) in [7, 11) is 0. The molecule has 0 aliphatic rings. The van der Waals surface area contributed by atoms with Crippen LogP contribution in [0, 0.1) is 12.7 Å². The van der Waals surface area contributed by atoms with Gasteiger partial charge < -0.3 is 0 Å². The van der Waals surface area contributed by atoms with Crippen molar-refractivity contribution in [2.45, 2.75) is 6.92 Å². The largest absolute Gasteiger partial charge is 0.299 e. The molecule has 1 aromatic heterocycles. The molecule has 0 N–H and O–H groups in total. The molecule has 0 amide bonds. The van der Waals surface area contributed by atoms with E-state index in [0.717, 1.165) is 22.5 Å². The summed E-state index contributed by atoms with van der Waals surface area (Å²) >= 11 is 0. The second-order valence-electron chi connectivity index (χ2n) is 4.45. The van der Waals surface area contributed by atoms with Crippen LogP contribution in [0.3, 0.4) is 0 Å². The van der Waals surface area contributed by atoms with Crippen molar-refractivity contribution in [1.82, 2.24) is 9.55 Å². The highest BCUT2D eigenvalue weighted by molar-refractivity contribution is 5.62. The van der Waals surface area contributed by atoms with Crippen LogP contribution in [0.4, 0.5) is 4.39 Å². The van der Waals surface area contributed by atoms with Crippen LogP contribution in [0.5, 0.6) is 0 Å². The van der Waals surface area contributed by atoms with E-state index in [0.29, 0.717) is 0 Å². The monoisotopic (exact) mass is 252 g/mol. The predicted molar refractivity (Wildman–Crippen MR) is 73.7 cm³/mol. The zero-order valence-electron chi connectivity index (χ0n) is 10.5. The van der Waals surface area contributed by atoms with Gasteiger partial charge in [0.05, 0.1) is 23.9 Å². The Hall–Kier alpha value is -2.42. The van der Waals surface area contributed by atoms with Crippen LogP contribution in [0.1, 0.15) is 5.56 Å². The molecule has 0 radical (unpaired) electrons. The van der Waals surface area contributed by atoms with E-state index in [1.807, 2.05) is 48.0 Å². The van der Waals surface area contributed by atoms with Gasteiger partial charge >= 0.3 is 0 Å². The van der Waals surface area contributed by atoms with Gasteiger partial charge in [-0.05, 0) is 30.7 Å². The third kappa shape index (κ3) is 2.15. The van der Waals surface area contributed by atoms with Crippen molar-refractivity contribution in [1.29, 1.82) is 0 Å². The summed E-state index contributed by atoms with van der Waals surface area (Å²) < 4.78 is 15.2. The molecule has 0 fully saturated rings. The Morgan fingerprint density at radius 3 is 2.58 bits per heavy atom. The minimum absolute atomic E-state index is 0.220. The molecule has 0 spiro atoms. The Labute approximate surface area is 111 Å². The fourth-order valence-corrected chi connectivity index (χ4v) is 2.20. The molecule has 0 aliphatic heterocycles. The summed E-state index contributed by atoms with van der Waals surface area (Å²) in [5, 5.41) is 0. The molecule has 3 rings (SSSR count). The maximum Gasteiger partial charge on any atom is 0.123 e. The van der Waals surface area contributed by atoms with Crippen molar-refractivity contribution >= 4 is 0 Å². The molecule has 3 aromatic rings. The molecule has 0 unspecified atom stereocenters. The van der Waals surface area contributed by atoms with Gasteiger partial charge in [0.25, 0.3) is 0 Å². The number of nitrogens with zero attached hydrogens (tertiary/aromatic N) is 2. The zero-order valence-corrected chi connectivity index (χ0v) is 10.5. The van der Waals surface area contributed by atoms with E-state index in [2.05, 4.69) is 4.98 Å². The van der Waals surface area contributed by atoms with Crippen LogP contribution in [-0.4, -0.2) is 9.55 Å². The second-order valence-corrected chi connectivity index (χ2v) is 4.45. The van der Waals surface area contributed by atoms with Crippen LogP contribution >= 0.6 is 0 Å². The quantitative estimate of drug-likeness (QED) is 0.674. The van der Waals surface area contributed by atoms with E-state index in [1.165, 1.54) is 12.1 Å². The number of benzene rings is 2. The number of halogens is 1. The highest BCUT2D eigenvalue weighted by atomic mass is 19.1. The SMILES string of the molecule is Cc1cc(F)ccc1-n1cncc1-c1ccccc1. The third-order valence-electron chi connectivity index (χ3n) is 3.13. The van der Waals surface area contributed by atoms with Gasteiger partial charge in [0.1, 0.15) is 5.82 Å². The first-order chi connectivity index (χ1) is 9.25. The van der Waals surface area contributed by atoms with E-state index < -0.39 is 0 Å². The molecule has 3 heteroatoms. The van der Waals surface area contributed by atoms with Gasteiger partial charge in [-0.3, -0.25) is 4.57 Å². The second kappa shape index (κ2) is 4.69. The van der Waals surface area contributed by atoms with Crippen molar-refractivity contribution in [2.75, 3.05) is 0 Å². The molecule has 2 nitrogen and oxygen atoms in total. The molecule has 94 valence electrons. The summed E-state index contributed by atoms with van der Waals surface area (Å²) in [6.07, 6.45) is 3.57. The minimum Gasteiger partial charge on any atom is -0.299 e. The standard InChI is InChI=1S/C16H13FN2/c1-12-9-14(17)7-8-15(12)19-11-18-10-16(19)13-5-3-2-4-6-13/h2-11H,1H3. The average Bonchev–Trinajstić information content (AvgIpc) is 2.89. The molecule has 0 atom stereocenters. The lowest BCUT2D eigenvalue weighted by Crippen LogP contribution is -1.98. The van der Waals surface area contributed by atoms with Crippen molar-refractivity contribution in [2.24, 2.45) is 0 Å². The topological polar surface area (TPSA) is 17.8 Å². The lowest BCUT2D eigenvalue weighted by atomic mass is 10.1. The average molecular weight is 252 g/mol. The number of hydrogen-bond acceptors (Lipinski definition) is 1. The van der Waals surface area contributed by atoms with E-state index in [9.17, 15) is 4.39 Å². The first-order valence-electron chi connectivity index (χ1n) is 6.10. The first-order valence-corrected chi connectivity index (χ1v) is 6.10. The number of rotatable bonds is 2. The van der Waals surface area contributed by atoms with Crippen molar-refractivity contribution < 1.29 is 4.39 Å². The van der Waals surface area contributed by atoms with E-state index in [-0.39, 0.29) is 5.82 Å². The number of aromatic nitrogens is 2. The van der Waals surface area contributed by atoms with E-state index >= 15 is 0 Å². The van der Waals surface area contributed by atoms with Crippen molar-refractivity contribution in [3.05, 3.63) is 72.4 Å². The molecular weight excluding hydrogens is 239 g/mol. The fraction of sp³-hybridized carbons (Fsp3) is 0.0625. The Morgan fingerprint density at radius 1 is 1.05 bits per heavy atom. The van der Waals surface area contributed by atoms with Crippen LogP contribution in [0.2, 0.25) is 0 Å². The van der Waals surface area contributed by atoms with Crippen LogP contribution in [-0.2, 0) is 0 Å². The van der Waals surface area contributed by atoms with Gasteiger partial charge in [0, 0.05) is 5.56 Å². The normalized spacial score (nSPS) is 10.6. The summed E-state index contributed by atoms with van der Waals surface area (Å²) in [6.45, 7) is 1.90. The smallest absolute Gasteiger partial charge is 0.123 e. The zero-order chi connectivity index (χ0) is 13.2. The Kier molecular flexibility index (Phi) is 2.88. The number of aryl methyl sites for hydroxylation is 1. The van der Waals surface area contributed by atoms with Gasteiger partial charge in [-0.2, -0.15) is 0 Å². The number of imidazole rings is 1. The highest BCUT2D eigenvalue weighted by Crippen LogP contribution is 2.24. The molecule has 19 heavy (non-hydrogen) atoms. The summed E-state index contributed by atoms with van der Waals surface area (Å²) in [4.78, 5) is 4.21. The van der Waals surface area contributed by atoms with E-state index in [4.69, 9.17) is 0 Å². The molecule has 1 heterocycles. The van der Waals surface area contributed by atoms with Gasteiger partial charge in [0.2, 0.25) is 0 Å². The van der Waals surface area contributed by atoms with Gasteiger partial charge in [0.15, 0.2) is 0 Å². The Balaban J connectivity index is 2.15. The molecule has 0 saturated carbocycles. The van der Waals surface area contributed by atoms with E-state index in [1.54, 1.807) is 12.4 Å². The van der Waals surface area contributed by atoms with Gasteiger partial charge in [-0.15, -0.1) is 0 Å². The number of hydrogen-bond donors (Lipinski definition) is 0. The Bertz CT molecular complexity index is 702. The maximum absolute atomic E-state index is 13.2. The van der Waals surface area contributed by atoms with Crippen LogP contribution in [0.15, 0.2) is 61.1 Å². The lowest BCUT2D eigenvalue weighted by molar-refractivity contribution is 0.626.